The van der Waals surface area contributed by atoms with E-state index in [0.717, 1.165) is 0 Å². The van der Waals surface area contributed by atoms with Crippen LogP contribution in [0.25, 0.3) is 11.1 Å². The SMILES string of the molecule is Cn1nccc1C(=O)Nc1ccc(-c2cc(O)ccc2Cl)c(N)n1. The topological polar surface area (TPSA) is 106 Å². The highest BCUT2D eigenvalue weighted by atomic mass is 35.5. The molecule has 3 aromatic rings. The van der Waals surface area contributed by atoms with E-state index in [9.17, 15) is 9.90 Å². The molecule has 0 fully saturated rings. The van der Waals surface area contributed by atoms with Gasteiger partial charge in [-0.3, -0.25) is 9.48 Å². The van der Waals surface area contributed by atoms with E-state index in [0.29, 0.717) is 27.7 Å². The molecule has 4 N–H and O–H groups in total. The fraction of sp³-hybridized carbons (Fsp3) is 0.0625. The van der Waals surface area contributed by atoms with Gasteiger partial charge in [0.2, 0.25) is 0 Å². The number of hydrogen-bond acceptors (Lipinski definition) is 5. The number of halogens is 1. The number of nitrogens with zero attached hydrogens (tertiary/aromatic N) is 3. The summed E-state index contributed by atoms with van der Waals surface area (Å²) in [6.45, 7) is 0. The molecular formula is C16H14ClN5O2. The number of hydrogen-bond donors (Lipinski definition) is 3. The molecule has 8 heteroatoms. The molecule has 0 atom stereocenters. The number of nitrogen functional groups attached to an aromatic ring is 1. The van der Waals surface area contributed by atoms with Crippen LogP contribution in [0.4, 0.5) is 11.6 Å². The van der Waals surface area contributed by atoms with Crippen LogP contribution in [0.1, 0.15) is 10.5 Å². The van der Waals surface area contributed by atoms with Gasteiger partial charge in [0.1, 0.15) is 23.1 Å². The average Bonchev–Trinajstić information content (AvgIpc) is 2.96. The molecule has 122 valence electrons. The van der Waals surface area contributed by atoms with E-state index in [1.165, 1.54) is 23.0 Å². The van der Waals surface area contributed by atoms with Crippen LogP contribution in [0, 0.1) is 0 Å². The van der Waals surface area contributed by atoms with Crippen molar-refractivity contribution in [3.8, 4) is 16.9 Å². The third-order valence-electron chi connectivity index (χ3n) is 3.46. The molecule has 0 saturated heterocycles. The Bertz CT molecular complexity index is 923. The highest BCUT2D eigenvalue weighted by Crippen LogP contribution is 2.34. The number of aromatic hydroxyl groups is 1. The zero-order valence-electron chi connectivity index (χ0n) is 12.7. The zero-order valence-corrected chi connectivity index (χ0v) is 13.4. The van der Waals surface area contributed by atoms with Crippen molar-refractivity contribution in [2.45, 2.75) is 0 Å². The number of carbonyl (C=O) groups excluding carboxylic acids is 1. The molecule has 0 saturated carbocycles. The van der Waals surface area contributed by atoms with Gasteiger partial charge in [-0.15, -0.1) is 0 Å². The molecule has 7 nitrogen and oxygen atoms in total. The van der Waals surface area contributed by atoms with E-state index in [-0.39, 0.29) is 17.5 Å². The number of phenolic OH excluding ortho intramolecular Hbond substituents is 1. The Kier molecular flexibility index (Phi) is 4.09. The predicted octanol–water partition coefficient (Wildman–Crippen LogP) is 2.68. The molecule has 0 aliphatic heterocycles. The van der Waals surface area contributed by atoms with Gasteiger partial charge in [0.05, 0.1) is 0 Å². The van der Waals surface area contributed by atoms with Crippen LogP contribution in [0.3, 0.4) is 0 Å². The van der Waals surface area contributed by atoms with Crippen molar-refractivity contribution >= 4 is 29.1 Å². The Morgan fingerprint density at radius 3 is 2.71 bits per heavy atom. The molecule has 24 heavy (non-hydrogen) atoms. The Hall–Kier alpha value is -3.06. The first-order valence-electron chi connectivity index (χ1n) is 7.00. The number of amides is 1. The fourth-order valence-electron chi connectivity index (χ4n) is 2.27. The average molecular weight is 344 g/mol. The number of rotatable bonds is 3. The number of carbonyl (C=O) groups is 1. The van der Waals surface area contributed by atoms with E-state index in [4.69, 9.17) is 17.3 Å². The van der Waals surface area contributed by atoms with Crippen LogP contribution in [-0.4, -0.2) is 25.8 Å². The number of nitrogens with two attached hydrogens (primary N) is 1. The lowest BCUT2D eigenvalue weighted by molar-refractivity contribution is 0.101. The molecule has 0 unspecified atom stereocenters. The zero-order chi connectivity index (χ0) is 17.3. The molecular weight excluding hydrogens is 330 g/mol. The standard InChI is InChI=1S/C16H14ClN5O2/c1-22-13(6-7-19-22)16(24)21-14-5-3-10(15(18)20-14)11-8-9(23)2-4-12(11)17/h2-8,23H,1H3,(H3,18,20,21,24). The van der Waals surface area contributed by atoms with Crippen LogP contribution >= 0.6 is 11.6 Å². The lowest BCUT2D eigenvalue weighted by atomic mass is 10.1. The Morgan fingerprint density at radius 1 is 1.25 bits per heavy atom. The first kappa shape index (κ1) is 15.8. The van der Waals surface area contributed by atoms with Crippen molar-refractivity contribution < 1.29 is 9.90 Å². The summed E-state index contributed by atoms with van der Waals surface area (Å²) in [7, 11) is 1.67. The number of pyridine rings is 1. The van der Waals surface area contributed by atoms with Gasteiger partial charge in [0.25, 0.3) is 5.91 Å². The molecule has 0 radical (unpaired) electrons. The van der Waals surface area contributed by atoms with Crippen LogP contribution < -0.4 is 11.1 Å². The first-order valence-corrected chi connectivity index (χ1v) is 7.38. The van der Waals surface area contributed by atoms with E-state index >= 15 is 0 Å². The number of phenols is 1. The number of aromatic nitrogens is 3. The van der Waals surface area contributed by atoms with Crippen molar-refractivity contribution in [2.24, 2.45) is 7.05 Å². The molecule has 0 aliphatic carbocycles. The minimum atomic E-state index is -0.343. The Labute approximate surface area is 142 Å². The normalized spacial score (nSPS) is 10.6. The molecule has 1 amide bonds. The maximum absolute atomic E-state index is 12.2. The minimum Gasteiger partial charge on any atom is -0.508 e. The van der Waals surface area contributed by atoms with Crippen molar-refractivity contribution in [2.75, 3.05) is 11.1 Å². The number of aryl methyl sites for hydroxylation is 1. The lowest BCUT2D eigenvalue weighted by Gasteiger charge is -2.10. The highest BCUT2D eigenvalue weighted by molar-refractivity contribution is 6.33. The maximum Gasteiger partial charge on any atom is 0.275 e. The van der Waals surface area contributed by atoms with Crippen LogP contribution in [0.15, 0.2) is 42.6 Å². The summed E-state index contributed by atoms with van der Waals surface area (Å²) >= 11 is 6.14. The van der Waals surface area contributed by atoms with E-state index < -0.39 is 0 Å². The quantitative estimate of drug-likeness (QED) is 0.678. The largest absolute Gasteiger partial charge is 0.508 e. The van der Waals surface area contributed by atoms with Gasteiger partial charge >= 0.3 is 0 Å². The van der Waals surface area contributed by atoms with E-state index in [1.54, 1.807) is 31.3 Å². The van der Waals surface area contributed by atoms with Crippen LogP contribution in [0.5, 0.6) is 5.75 Å². The predicted molar refractivity (Wildman–Crippen MR) is 91.9 cm³/mol. The Balaban J connectivity index is 1.89. The van der Waals surface area contributed by atoms with Gasteiger partial charge in [-0.25, -0.2) is 4.98 Å². The summed E-state index contributed by atoms with van der Waals surface area (Å²) in [6, 6.07) is 9.45. The van der Waals surface area contributed by atoms with E-state index in [1.807, 2.05) is 0 Å². The Morgan fingerprint density at radius 2 is 2.04 bits per heavy atom. The van der Waals surface area contributed by atoms with Gasteiger partial charge in [0.15, 0.2) is 0 Å². The molecule has 0 aliphatic rings. The second-order valence-electron chi connectivity index (χ2n) is 5.09. The third-order valence-corrected chi connectivity index (χ3v) is 3.79. The molecule has 3 rings (SSSR count). The minimum absolute atomic E-state index is 0.0717. The van der Waals surface area contributed by atoms with Crippen LogP contribution in [0.2, 0.25) is 5.02 Å². The monoisotopic (exact) mass is 343 g/mol. The summed E-state index contributed by atoms with van der Waals surface area (Å²) < 4.78 is 1.46. The summed E-state index contributed by atoms with van der Waals surface area (Å²) in [4.78, 5) is 16.3. The van der Waals surface area contributed by atoms with Gasteiger partial charge in [0, 0.05) is 29.4 Å². The third kappa shape index (κ3) is 3.02. The van der Waals surface area contributed by atoms with Crippen molar-refractivity contribution in [1.29, 1.82) is 0 Å². The van der Waals surface area contributed by atoms with Crippen LogP contribution in [-0.2, 0) is 7.05 Å². The molecule has 1 aromatic carbocycles. The highest BCUT2D eigenvalue weighted by Gasteiger charge is 2.13. The number of nitrogens with one attached hydrogen (secondary N) is 1. The lowest BCUT2D eigenvalue weighted by Crippen LogP contribution is -2.17. The smallest absolute Gasteiger partial charge is 0.275 e. The van der Waals surface area contributed by atoms with Crippen molar-refractivity contribution in [3.05, 3.63) is 53.3 Å². The first-order chi connectivity index (χ1) is 11.5. The second-order valence-corrected chi connectivity index (χ2v) is 5.49. The fourth-order valence-corrected chi connectivity index (χ4v) is 2.49. The summed E-state index contributed by atoms with van der Waals surface area (Å²) in [6.07, 6.45) is 1.53. The van der Waals surface area contributed by atoms with Gasteiger partial charge in [-0.2, -0.15) is 5.10 Å². The summed E-state index contributed by atoms with van der Waals surface area (Å²) in [5.41, 5.74) is 7.50. The van der Waals surface area contributed by atoms with Gasteiger partial charge < -0.3 is 16.2 Å². The second kappa shape index (κ2) is 6.21. The molecule has 0 bridgehead atoms. The number of anilines is 2. The van der Waals surface area contributed by atoms with Gasteiger partial charge in [-0.05, 0) is 36.4 Å². The van der Waals surface area contributed by atoms with Crippen molar-refractivity contribution in [3.63, 3.8) is 0 Å². The van der Waals surface area contributed by atoms with E-state index in [2.05, 4.69) is 15.4 Å². The molecule has 2 aromatic heterocycles. The molecule has 2 heterocycles. The maximum atomic E-state index is 12.2. The van der Waals surface area contributed by atoms with Gasteiger partial charge in [-0.1, -0.05) is 11.6 Å². The van der Waals surface area contributed by atoms with Crippen molar-refractivity contribution in [1.82, 2.24) is 14.8 Å². The number of benzene rings is 1. The molecule has 0 spiro atoms. The summed E-state index contributed by atoms with van der Waals surface area (Å²) in [5.74, 6) is 0.219. The summed E-state index contributed by atoms with van der Waals surface area (Å²) in [5, 5.41) is 16.6.